The Morgan fingerprint density at radius 3 is 2.53 bits per heavy atom. The van der Waals surface area contributed by atoms with Gasteiger partial charge in [0.25, 0.3) is 5.91 Å². The standard InChI is InChI=1S/C14H19FN2O2/c1-8-4-11(16)5-12(13(8)15)14(18)17-6-9(2)19-10(3)7-17/h4-5,9-10H,6-7,16H2,1-3H3/t9-,10+. The second-order valence-corrected chi connectivity index (χ2v) is 5.17. The van der Waals surface area contributed by atoms with Gasteiger partial charge in [-0.25, -0.2) is 4.39 Å². The Balaban J connectivity index is 2.29. The molecule has 1 fully saturated rings. The molecule has 1 heterocycles. The fraction of sp³-hybridized carbons (Fsp3) is 0.500. The summed E-state index contributed by atoms with van der Waals surface area (Å²) in [5.41, 5.74) is 6.52. The zero-order chi connectivity index (χ0) is 14.2. The van der Waals surface area contributed by atoms with Gasteiger partial charge in [0.05, 0.1) is 17.8 Å². The van der Waals surface area contributed by atoms with Crippen molar-refractivity contribution in [2.75, 3.05) is 18.8 Å². The molecule has 0 spiro atoms. The van der Waals surface area contributed by atoms with Gasteiger partial charge in [-0.3, -0.25) is 4.79 Å². The first kappa shape index (κ1) is 13.8. The number of nitrogen functional groups attached to an aromatic ring is 1. The fourth-order valence-corrected chi connectivity index (χ4v) is 2.47. The van der Waals surface area contributed by atoms with E-state index in [9.17, 15) is 9.18 Å². The van der Waals surface area contributed by atoms with Gasteiger partial charge in [-0.05, 0) is 38.5 Å². The van der Waals surface area contributed by atoms with E-state index in [2.05, 4.69) is 0 Å². The zero-order valence-electron chi connectivity index (χ0n) is 11.4. The van der Waals surface area contributed by atoms with Gasteiger partial charge in [-0.2, -0.15) is 0 Å². The third kappa shape index (κ3) is 2.87. The largest absolute Gasteiger partial charge is 0.399 e. The van der Waals surface area contributed by atoms with Crippen LogP contribution in [0.5, 0.6) is 0 Å². The molecule has 1 amide bonds. The molecule has 0 bridgehead atoms. The summed E-state index contributed by atoms with van der Waals surface area (Å²) in [4.78, 5) is 14.0. The number of morpholine rings is 1. The quantitative estimate of drug-likeness (QED) is 0.791. The maximum absolute atomic E-state index is 14.0. The second-order valence-electron chi connectivity index (χ2n) is 5.17. The van der Waals surface area contributed by atoms with E-state index in [0.29, 0.717) is 24.3 Å². The van der Waals surface area contributed by atoms with Gasteiger partial charge in [-0.1, -0.05) is 0 Å². The van der Waals surface area contributed by atoms with Crippen LogP contribution >= 0.6 is 0 Å². The number of amides is 1. The summed E-state index contributed by atoms with van der Waals surface area (Å²) >= 11 is 0. The van der Waals surface area contributed by atoms with E-state index < -0.39 is 5.82 Å². The Labute approximate surface area is 112 Å². The van der Waals surface area contributed by atoms with Crippen molar-refractivity contribution in [2.45, 2.75) is 33.0 Å². The minimum absolute atomic E-state index is 0.0406. The molecule has 0 unspecified atom stereocenters. The third-order valence-electron chi connectivity index (χ3n) is 3.21. The van der Waals surface area contributed by atoms with Crippen LogP contribution in [0.1, 0.15) is 29.8 Å². The average Bonchev–Trinajstić information content (AvgIpc) is 2.31. The molecule has 1 aliphatic rings. The summed E-state index contributed by atoms with van der Waals surface area (Å²) in [6.45, 7) is 6.34. The first-order valence-electron chi connectivity index (χ1n) is 6.39. The summed E-state index contributed by atoms with van der Waals surface area (Å²) in [5, 5.41) is 0. The van der Waals surface area contributed by atoms with E-state index in [1.54, 1.807) is 11.8 Å². The number of halogens is 1. The van der Waals surface area contributed by atoms with Gasteiger partial charge in [0, 0.05) is 18.8 Å². The van der Waals surface area contributed by atoms with Crippen LogP contribution in [0.4, 0.5) is 10.1 Å². The molecule has 1 saturated heterocycles. The van der Waals surface area contributed by atoms with Gasteiger partial charge >= 0.3 is 0 Å². The lowest BCUT2D eigenvalue weighted by Crippen LogP contribution is -2.48. The number of rotatable bonds is 1. The Bertz CT molecular complexity index is 494. The van der Waals surface area contributed by atoms with Gasteiger partial charge < -0.3 is 15.4 Å². The smallest absolute Gasteiger partial charge is 0.257 e. The summed E-state index contributed by atoms with van der Waals surface area (Å²) in [6.07, 6.45) is -0.0872. The maximum atomic E-state index is 14.0. The number of nitrogens with zero attached hydrogens (tertiary/aromatic N) is 1. The number of hydrogen-bond acceptors (Lipinski definition) is 3. The number of benzene rings is 1. The highest BCUT2D eigenvalue weighted by Crippen LogP contribution is 2.21. The van der Waals surface area contributed by atoms with Crippen molar-refractivity contribution in [1.29, 1.82) is 0 Å². The molecule has 2 rings (SSSR count). The molecular weight excluding hydrogens is 247 g/mol. The molecule has 4 nitrogen and oxygen atoms in total. The van der Waals surface area contributed by atoms with Gasteiger partial charge in [0.2, 0.25) is 0 Å². The summed E-state index contributed by atoms with van der Waals surface area (Å²) in [7, 11) is 0. The molecule has 5 heteroatoms. The van der Waals surface area contributed by atoms with Crippen LogP contribution in [0.25, 0.3) is 0 Å². The first-order chi connectivity index (χ1) is 8.88. The van der Waals surface area contributed by atoms with E-state index >= 15 is 0 Å². The summed E-state index contributed by atoms with van der Waals surface area (Å²) in [5.74, 6) is -0.819. The Kier molecular flexibility index (Phi) is 3.75. The monoisotopic (exact) mass is 266 g/mol. The highest BCUT2D eigenvalue weighted by atomic mass is 19.1. The van der Waals surface area contributed by atoms with Crippen molar-refractivity contribution >= 4 is 11.6 Å². The molecule has 2 atom stereocenters. The minimum atomic E-state index is -0.494. The third-order valence-corrected chi connectivity index (χ3v) is 3.21. The molecular formula is C14H19FN2O2. The van der Waals surface area contributed by atoms with Crippen molar-refractivity contribution in [3.05, 3.63) is 29.1 Å². The second kappa shape index (κ2) is 5.17. The van der Waals surface area contributed by atoms with Crippen molar-refractivity contribution in [2.24, 2.45) is 0 Å². The summed E-state index contributed by atoms with van der Waals surface area (Å²) < 4.78 is 19.6. The maximum Gasteiger partial charge on any atom is 0.257 e. The lowest BCUT2D eigenvalue weighted by atomic mass is 10.1. The van der Waals surface area contributed by atoms with E-state index in [1.807, 2.05) is 13.8 Å². The normalized spacial score (nSPS) is 23.5. The molecule has 104 valence electrons. The Morgan fingerprint density at radius 1 is 1.37 bits per heavy atom. The molecule has 0 aromatic heterocycles. The Morgan fingerprint density at radius 2 is 1.95 bits per heavy atom. The highest BCUT2D eigenvalue weighted by molar-refractivity contribution is 5.95. The lowest BCUT2D eigenvalue weighted by Gasteiger charge is -2.35. The van der Waals surface area contributed by atoms with Crippen LogP contribution in [0.2, 0.25) is 0 Å². The van der Waals surface area contributed by atoms with Crippen molar-refractivity contribution in [1.82, 2.24) is 4.90 Å². The van der Waals surface area contributed by atoms with Crippen molar-refractivity contribution in [3.8, 4) is 0 Å². The average molecular weight is 266 g/mol. The molecule has 1 aromatic rings. The number of nitrogens with two attached hydrogens (primary N) is 1. The van der Waals surface area contributed by atoms with Gasteiger partial charge in [-0.15, -0.1) is 0 Å². The molecule has 1 aliphatic heterocycles. The number of aryl methyl sites for hydroxylation is 1. The predicted molar refractivity (Wildman–Crippen MR) is 71.5 cm³/mol. The molecule has 0 saturated carbocycles. The fourth-order valence-electron chi connectivity index (χ4n) is 2.47. The summed E-state index contributed by atoms with van der Waals surface area (Å²) in [6, 6.07) is 2.92. The number of ether oxygens (including phenoxy) is 1. The van der Waals surface area contributed by atoms with Crippen LogP contribution in [0.15, 0.2) is 12.1 Å². The van der Waals surface area contributed by atoms with Crippen LogP contribution in [0.3, 0.4) is 0 Å². The molecule has 19 heavy (non-hydrogen) atoms. The highest BCUT2D eigenvalue weighted by Gasteiger charge is 2.28. The van der Waals surface area contributed by atoms with E-state index in [-0.39, 0.29) is 23.7 Å². The lowest BCUT2D eigenvalue weighted by molar-refractivity contribution is -0.0587. The number of hydrogen-bond donors (Lipinski definition) is 1. The van der Waals surface area contributed by atoms with E-state index in [4.69, 9.17) is 10.5 Å². The van der Waals surface area contributed by atoms with Crippen LogP contribution < -0.4 is 5.73 Å². The topological polar surface area (TPSA) is 55.6 Å². The van der Waals surface area contributed by atoms with Crippen molar-refractivity contribution in [3.63, 3.8) is 0 Å². The Hall–Kier alpha value is -1.62. The minimum Gasteiger partial charge on any atom is -0.399 e. The first-order valence-corrected chi connectivity index (χ1v) is 6.39. The van der Waals surface area contributed by atoms with E-state index in [0.717, 1.165) is 0 Å². The number of anilines is 1. The van der Waals surface area contributed by atoms with Crippen molar-refractivity contribution < 1.29 is 13.9 Å². The van der Waals surface area contributed by atoms with Crippen LogP contribution in [-0.4, -0.2) is 36.1 Å². The predicted octanol–water partition coefficient (Wildman–Crippen LogP) is 1.97. The molecule has 2 N–H and O–H groups in total. The molecule has 0 aliphatic carbocycles. The van der Waals surface area contributed by atoms with Gasteiger partial charge in [0.15, 0.2) is 0 Å². The van der Waals surface area contributed by atoms with Crippen LogP contribution in [0, 0.1) is 12.7 Å². The number of carbonyl (C=O) groups excluding carboxylic acids is 1. The molecule has 0 radical (unpaired) electrons. The number of carbonyl (C=O) groups is 1. The van der Waals surface area contributed by atoms with Gasteiger partial charge in [0.1, 0.15) is 5.82 Å². The van der Waals surface area contributed by atoms with E-state index in [1.165, 1.54) is 12.1 Å². The van der Waals surface area contributed by atoms with Crippen LogP contribution in [-0.2, 0) is 4.74 Å². The molecule has 1 aromatic carbocycles. The zero-order valence-corrected chi connectivity index (χ0v) is 11.4. The SMILES string of the molecule is Cc1cc(N)cc(C(=O)N2C[C@@H](C)O[C@@H](C)C2)c1F.